The van der Waals surface area contributed by atoms with Gasteiger partial charge >= 0.3 is 0 Å². The fourth-order valence-electron chi connectivity index (χ4n) is 5.80. The van der Waals surface area contributed by atoms with E-state index in [1.54, 1.807) is 48.1 Å². The summed E-state index contributed by atoms with van der Waals surface area (Å²) < 4.78 is 0. The molecule has 0 radical (unpaired) electrons. The summed E-state index contributed by atoms with van der Waals surface area (Å²) in [5.41, 5.74) is 2.17. The Hall–Kier alpha value is -3.49. The maximum atomic E-state index is 13.2. The van der Waals surface area contributed by atoms with Gasteiger partial charge in [0.25, 0.3) is 5.91 Å². The first-order chi connectivity index (χ1) is 17.8. The van der Waals surface area contributed by atoms with Gasteiger partial charge in [0.05, 0.1) is 18.3 Å². The van der Waals surface area contributed by atoms with Crippen molar-refractivity contribution in [3.8, 4) is 0 Å². The smallest absolute Gasteiger partial charge is 0.264 e. The van der Waals surface area contributed by atoms with Gasteiger partial charge in [0.15, 0.2) is 5.60 Å². The number of likely N-dealkylation sites (N-methyl/N-ethyl adjacent to an activating group) is 1. The van der Waals surface area contributed by atoms with Crippen LogP contribution >= 0.6 is 0 Å². The quantitative estimate of drug-likeness (QED) is 0.590. The molecule has 37 heavy (non-hydrogen) atoms. The Morgan fingerprint density at radius 2 is 1.95 bits per heavy atom. The van der Waals surface area contributed by atoms with E-state index in [-0.39, 0.29) is 30.9 Å². The molecular weight excluding hydrogens is 470 g/mol. The van der Waals surface area contributed by atoms with Crippen molar-refractivity contribution in [3.63, 3.8) is 0 Å². The van der Waals surface area contributed by atoms with Crippen LogP contribution in [0.15, 0.2) is 54.6 Å². The highest BCUT2D eigenvalue weighted by Crippen LogP contribution is 2.46. The van der Waals surface area contributed by atoms with Crippen molar-refractivity contribution in [2.75, 3.05) is 30.0 Å². The van der Waals surface area contributed by atoms with Crippen LogP contribution in [0.2, 0.25) is 0 Å². The summed E-state index contributed by atoms with van der Waals surface area (Å²) in [6.45, 7) is 2.71. The molecule has 194 valence electrons. The number of aliphatic hydroxyl groups is 2. The number of carbonyl (C=O) groups is 3. The first kappa shape index (κ1) is 25.2. The molecule has 3 amide bonds. The number of nitrogens with zero attached hydrogens (tertiary/aromatic N) is 3. The lowest BCUT2D eigenvalue weighted by atomic mass is 9.82. The molecule has 0 bridgehead atoms. The summed E-state index contributed by atoms with van der Waals surface area (Å²) in [5.74, 6) is -1.14. The predicted octanol–water partition coefficient (Wildman–Crippen LogP) is 2.51. The van der Waals surface area contributed by atoms with E-state index in [1.165, 1.54) is 4.90 Å². The van der Waals surface area contributed by atoms with Gasteiger partial charge in [-0.3, -0.25) is 14.4 Å². The van der Waals surface area contributed by atoms with Gasteiger partial charge in [0.2, 0.25) is 11.8 Å². The standard InChI is InChI=1S/C29H33N3O5/c1-19(7-5-10-27(35)32-17-21-9-4-3-8-20(21)15-23(32)18-33)29(37)24-16-22(31-14-6-11-26(31)34)12-13-25(24)30(2)28(29)36/h3-5,7-9,12-13,16,19,23,33,37H,6,10-11,14-15,17-18H2,1-2H3/b7-5+/t19-,23+,29+/m1/s1. The molecule has 3 aliphatic heterocycles. The minimum absolute atomic E-state index is 0.0362. The average Bonchev–Trinajstić information content (AvgIpc) is 3.43. The number of benzene rings is 2. The van der Waals surface area contributed by atoms with Crippen LogP contribution in [0.1, 0.15) is 42.9 Å². The molecule has 8 heteroatoms. The summed E-state index contributed by atoms with van der Waals surface area (Å²) in [4.78, 5) is 43.4. The molecule has 2 aromatic carbocycles. The molecule has 3 atom stereocenters. The van der Waals surface area contributed by atoms with E-state index in [9.17, 15) is 24.6 Å². The first-order valence-electron chi connectivity index (χ1n) is 12.8. The van der Waals surface area contributed by atoms with Crippen LogP contribution in [0.25, 0.3) is 0 Å². The van der Waals surface area contributed by atoms with Crippen LogP contribution in [-0.2, 0) is 33.0 Å². The number of carbonyl (C=O) groups excluding carboxylic acids is 3. The van der Waals surface area contributed by atoms with Crippen molar-refractivity contribution in [1.29, 1.82) is 0 Å². The summed E-state index contributed by atoms with van der Waals surface area (Å²) in [5, 5.41) is 21.6. The van der Waals surface area contributed by atoms with Crippen LogP contribution < -0.4 is 9.80 Å². The number of rotatable bonds is 6. The second kappa shape index (κ2) is 9.76. The van der Waals surface area contributed by atoms with Gasteiger partial charge in [-0.25, -0.2) is 0 Å². The van der Waals surface area contributed by atoms with Gasteiger partial charge in [0.1, 0.15) is 0 Å². The lowest BCUT2D eigenvalue weighted by Gasteiger charge is -2.36. The van der Waals surface area contributed by atoms with Crippen LogP contribution in [0.3, 0.4) is 0 Å². The summed E-state index contributed by atoms with van der Waals surface area (Å²) in [6, 6.07) is 13.0. The molecule has 1 saturated heterocycles. The van der Waals surface area contributed by atoms with Crippen molar-refractivity contribution in [2.45, 2.75) is 50.8 Å². The predicted molar refractivity (Wildman–Crippen MR) is 140 cm³/mol. The highest BCUT2D eigenvalue weighted by Gasteiger charge is 2.51. The molecule has 3 heterocycles. The molecule has 8 nitrogen and oxygen atoms in total. The first-order valence-corrected chi connectivity index (χ1v) is 12.8. The Balaban J connectivity index is 1.34. The Morgan fingerprint density at radius 1 is 1.19 bits per heavy atom. The number of fused-ring (bicyclic) bond motifs is 2. The molecule has 0 spiro atoms. The minimum Gasteiger partial charge on any atom is -0.394 e. The maximum Gasteiger partial charge on any atom is 0.264 e. The third kappa shape index (κ3) is 4.24. The molecule has 2 aromatic rings. The third-order valence-corrected chi connectivity index (χ3v) is 8.03. The molecule has 0 aromatic heterocycles. The highest BCUT2D eigenvalue weighted by atomic mass is 16.3. The van der Waals surface area contributed by atoms with Gasteiger partial charge in [0, 0.05) is 50.1 Å². The number of amides is 3. The third-order valence-electron chi connectivity index (χ3n) is 8.03. The molecular formula is C29H33N3O5. The van der Waals surface area contributed by atoms with Gasteiger partial charge in [-0.1, -0.05) is 43.3 Å². The van der Waals surface area contributed by atoms with Crippen molar-refractivity contribution in [2.24, 2.45) is 5.92 Å². The number of hydrogen-bond donors (Lipinski definition) is 2. The van der Waals surface area contributed by atoms with E-state index in [0.29, 0.717) is 42.9 Å². The van der Waals surface area contributed by atoms with Crippen LogP contribution in [-0.4, -0.2) is 59.1 Å². The minimum atomic E-state index is -1.81. The van der Waals surface area contributed by atoms with E-state index < -0.39 is 17.4 Å². The molecule has 2 N–H and O–H groups in total. The summed E-state index contributed by atoms with van der Waals surface area (Å²) in [7, 11) is 1.63. The van der Waals surface area contributed by atoms with Crippen molar-refractivity contribution < 1.29 is 24.6 Å². The van der Waals surface area contributed by atoms with Crippen molar-refractivity contribution in [1.82, 2.24) is 4.90 Å². The lowest BCUT2D eigenvalue weighted by molar-refractivity contribution is -0.139. The van der Waals surface area contributed by atoms with E-state index in [2.05, 4.69) is 0 Å². The normalized spacial score (nSPS) is 24.1. The van der Waals surface area contributed by atoms with Crippen LogP contribution in [0.5, 0.6) is 0 Å². The molecule has 5 rings (SSSR count). The largest absolute Gasteiger partial charge is 0.394 e. The Bertz CT molecular complexity index is 1270. The zero-order chi connectivity index (χ0) is 26.3. The monoisotopic (exact) mass is 503 g/mol. The molecule has 0 aliphatic carbocycles. The highest BCUT2D eigenvalue weighted by molar-refractivity contribution is 6.07. The summed E-state index contributed by atoms with van der Waals surface area (Å²) >= 11 is 0. The molecule has 0 unspecified atom stereocenters. The zero-order valence-electron chi connectivity index (χ0n) is 21.3. The fourth-order valence-corrected chi connectivity index (χ4v) is 5.80. The van der Waals surface area contributed by atoms with E-state index in [4.69, 9.17) is 0 Å². The average molecular weight is 504 g/mol. The number of anilines is 2. The van der Waals surface area contributed by atoms with Gasteiger partial charge < -0.3 is 24.9 Å². The van der Waals surface area contributed by atoms with Crippen molar-refractivity contribution >= 4 is 29.1 Å². The van der Waals surface area contributed by atoms with Gasteiger partial charge in [-0.15, -0.1) is 0 Å². The maximum absolute atomic E-state index is 13.2. The Kier molecular flexibility index (Phi) is 6.64. The van der Waals surface area contributed by atoms with Gasteiger partial charge in [-0.05, 0) is 42.2 Å². The number of hydrogen-bond acceptors (Lipinski definition) is 5. The van der Waals surface area contributed by atoms with E-state index >= 15 is 0 Å². The molecule has 0 saturated carbocycles. The van der Waals surface area contributed by atoms with Gasteiger partial charge in [-0.2, -0.15) is 0 Å². The summed E-state index contributed by atoms with van der Waals surface area (Å²) in [6.07, 6.45) is 5.38. The Morgan fingerprint density at radius 3 is 2.65 bits per heavy atom. The van der Waals surface area contributed by atoms with E-state index in [0.717, 1.165) is 17.5 Å². The van der Waals surface area contributed by atoms with Crippen LogP contribution in [0.4, 0.5) is 11.4 Å². The second-order valence-electron chi connectivity index (χ2n) is 10.2. The Labute approximate surface area is 216 Å². The molecule has 3 aliphatic rings. The number of aliphatic hydroxyl groups excluding tert-OH is 1. The van der Waals surface area contributed by atoms with Crippen LogP contribution in [0, 0.1) is 5.92 Å². The second-order valence-corrected chi connectivity index (χ2v) is 10.2. The SMILES string of the molecule is C[C@H](/C=C/CC(=O)N1Cc2ccccc2C[C@H]1CO)[C@@]1(O)C(=O)N(C)c2ccc(N3CCCC3=O)cc21. The molecule has 1 fully saturated rings. The zero-order valence-corrected chi connectivity index (χ0v) is 21.3. The van der Waals surface area contributed by atoms with E-state index in [1.807, 2.05) is 30.3 Å². The lowest BCUT2D eigenvalue weighted by Crippen LogP contribution is -2.46. The topological polar surface area (TPSA) is 101 Å². The fraction of sp³-hybridized carbons (Fsp3) is 0.414. The van der Waals surface area contributed by atoms with Crippen molar-refractivity contribution in [3.05, 3.63) is 71.3 Å².